The highest BCUT2D eigenvalue weighted by Crippen LogP contribution is 2.17. The topological polar surface area (TPSA) is 114 Å². The molecule has 0 saturated carbocycles. The number of rotatable bonds is 6. The molecule has 0 bridgehead atoms. The molecule has 0 aromatic heterocycles. The van der Waals surface area contributed by atoms with Gasteiger partial charge in [0.25, 0.3) is 6.29 Å². The summed E-state index contributed by atoms with van der Waals surface area (Å²) in [6, 6.07) is -0.890. The third-order valence-electron chi connectivity index (χ3n) is 2.52. The van der Waals surface area contributed by atoms with Crippen molar-refractivity contribution in [1.29, 1.82) is 0 Å². The fraction of sp³-hybridized carbons (Fsp3) is 0.800. The van der Waals surface area contributed by atoms with Crippen molar-refractivity contribution in [1.82, 2.24) is 5.01 Å². The van der Waals surface area contributed by atoms with Crippen LogP contribution in [0.15, 0.2) is 5.28 Å². The van der Waals surface area contributed by atoms with Crippen molar-refractivity contribution in [3.63, 3.8) is 0 Å². The van der Waals surface area contributed by atoms with E-state index in [1.807, 2.05) is 0 Å². The van der Waals surface area contributed by atoms with E-state index in [4.69, 9.17) is 9.84 Å². The van der Waals surface area contributed by atoms with Gasteiger partial charge in [0.1, 0.15) is 0 Å². The standard InChI is InChI=1S/C10H17N3O6/c1-6(2)10(16)18-7(3)19-11-13(17)12-5-4-8(12)9(14)15/h6-8H,4-5H2,1-3H3,(H,14,15)/t7?,8-/m0/s1. The van der Waals surface area contributed by atoms with E-state index < -0.39 is 24.3 Å². The Kier molecular flexibility index (Phi) is 4.90. The Labute approximate surface area is 109 Å². The first kappa shape index (κ1) is 15.0. The summed E-state index contributed by atoms with van der Waals surface area (Å²) in [6.07, 6.45) is -0.641. The molecule has 1 heterocycles. The summed E-state index contributed by atoms with van der Waals surface area (Å²) >= 11 is 0. The van der Waals surface area contributed by atoms with Crippen molar-refractivity contribution in [3.05, 3.63) is 5.21 Å². The van der Waals surface area contributed by atoms with Crippen LogP contribution in [0.1, 0.15) is 27.2 Å². The van der Waals surface area contributed by atoms with Gasteiger partial charge in [-0.1, -0.05) is 13.8 Å². The van der Waals surface area contributed by atoms with Crippen LogP contribution in [0.2, 0.25) is 0 Å². The molecule has 1 rings (SSSR count). The number of ether oxygens (including phenoxy) is 1. The maximum Gasteiger partial charge on any atom is 0.332 e. The van der Waals surface area contributed by atoms with Crippen LogP contribution in [0.4, 0.5) is 0 Å². The van der Waals surface area contributed by atoms with Crippen molar-refractivity contribution < 1.29 is 29.2 Å². The summed E-state index contributed by atoms with van der Waals surface area (Å²) in [6.45, 7) is 5.00. The number of carbonyl (C=O) groups is 2. The van der Waals surface area contributed by atoms with Gasteiger partial charge in [-0.05, 0) is 0 Å². The van der Waals surface area contributed by atoms with E-state index in [9.17, 15) is 14.8 Å². The Hall–Kier alpha value is -2.06. The molecule has 1 N–H and O–H groups in total. The number of hydrogen-bond acceptors (Lipinski definition) is 6. The molecule has 0 radical (unpaired) electrons. The average molecular weight is 275 g/mol. The zero-order valence-corrected chi connectivity index (χ0v) is 11.0. The lowest BCUT2D eigenvalue weighted by atomic mass is 10.1. The molecule has 0 amide bonds. The first-order valence-electron chi connectivity index (χ1n) is 5.86. The van der Waals surface area contributed by atoms with Gasteiger partial charge in [-0.25, -0.2) is 4.79 Å². The van der Waals surface area contributed by atoms with Crippen LogP contribution in [0.5, 0.6) is 0 Å². The minimum atomic E-state index is -1.10. The first-order valence-corrected chi connectivity index (χ1v) is 5.86. The minimum Gasteiger partial charge on any atom is -0.569 e. The fourth-order valence-electron chi connectivity index (χ4n) is 1.30. The highest BCUT2D eigenvalue weighted by Gasteiger charge is 2.41. The molecule has 0 aliphatic carbocycles. The molecule has 1 fully saturated rings. The number of nitrogens with zero attached hydrogens (tertiary/aromatic N) is 3. The van der Waals surface area contributed by atoms with Crippen molar-refractivity contribution >= 4 is 11.9 Å². The van der Waals surface area contributed by atoms with E-state index in [2.05, 4.69) is 10.1 Å². The molecule has 9 nitrogen and oxygen atoms in total. The summed E-state index contributed by atoms with van der Waals surface area (Å²) in [5, 5.41) is 24.3. The zero-order valence-electron chi connectivity index (χ0n) is 11.0. The number of carbonyl (C=O) groups excluding carboxylic acids is 1. The van der Waals surface area contributed by atoms with E-state index in [-0.39, 0.29) is 17.4 Å². The van der Waals surface area contributed by atoms with Gasteiger partial charge in [-0.15, -0.1) is 5.01 Å². The first-order chi connectivity index (χ1) is 8.82. The average Bonchev–Trinajstić information content (AvgIpc) is 2.23. The maximum absolute atomic E-state index is 11.4. The molecular formula is C10H17N3O6. The largest absolute Gasteiger partial charge is 0.569 e. The highest BCUT2D eigenvalue weighted by molar-refractivity contribution is 5.74. The summed E-state index contributed by atoms with van der Waals surface area (Å²) in [5.74, 6) is -1.89. The molecule has 1 aliphatic heterocycles. The van der Waals surface area contributed by atoms with Crippen molar-refractivity contribution in [3.8, 4) is 0 Å². The van der Waals surface area contributed by atoms with Gasteiger partial charge in [0.05, 0.1) is 17.4 Å². The normalized spacial score (nSPS) is 20.7. The second kappa shape index (κ2) is 6.21. The summed E-state index contributed by atoms with van der Waals surface area (Å²) < 4.78 is 4.81. The molecule has 108 valence electrons. The van der Waals surface area contributed by atoms with Gasteiger partial charge < -0.3 is 15.1 Å². The molecule has 1 aliphatic rings. The zero-order chi connectivity index (χ0) is 14.6. The summed E-state index contributed by atoms with van der Waals surface area (Å²) in [7, 11) is 0. The fourth-order valence-corrected chi connectivity index (χ4v) is 1.30. The van der Waals surface area contributed by atoms with Crippen LogP contribution in [0.3, 0.4) is 0 Å². The van der Waals surface area contributed by atoms with Crippen LogP contribution in [0.25, 0.3) is 0 Å². The monoisotopic (exact) mass is 275 g/mol. The lowest BCUT2D eigenvalue weighted by molar-refractivity contribution is -0.730. The summed E-state index contributed by atoms with van der Waals surface area (Å²) in [5.41, 5.74) is 0. The summed E-state index contributed by atoms with van der Waals surface area (Å²) in [4.78, 5) is 26.6. The molecule has 0 aromatic carbocycles. The number of esters is 1. The van der Waals surface area contributed by atoms with Gasteiger partial charge in [0, 0.05) is 13.3 Å². The number of carboxylic acids is 1. The van der Waals surface area contributed by atoms with E-state index in [1.54, 1.807) is 13.8 Å². The number of aliphatic carboxylic acids is 1. The SMILES string of the molecule is CC(ON=[N+]([O-])N1CC[C@H]1C(=O)O)OC(=O)C(C)C. The maximum atomic E-state index is 11.4. The second-order valence-corrected chi connectivity index (χ2v) is 4.40. The van der Waals surface area contributed by atoms with E-state index in [0.29, 0.717) is 6.42 Å². The van der Waals surface area contributed by atoms with Gasteiger partial charge in [0.15, 0.2) is 6.04 Å². The Balaban J connectivity index is 2.43. The van der Waals surface area contributed by atoms with Gasteiger partial charge >= 0.3 is 11.9 Å². The number of hydrogen-bond donors (Lipinski definition) is 1. The molecule has 0 spiro atoms. The van der Waals surface area contributed by atoms with Gasteiger partial charge in [-0.3, -0.25) is 9.63 Å². The Morgan fingerprint density at radius 1 is 1.47 bits per heavy atom. The van der Waals surface area contributed by atoms with Gasteiger partial charge in [0.2, 0.25) is 5.28 Å². The Morgan fingerprint density at radius 2 is 2.11 bits per heavy atom. The van der Waals surface area contributed by atoms with Crippen LogP contribution in [-0.4, -0.2) is 45.9 Å². The highest BCUT2D eigenvalue weighted by atomic mass is 16.8. The van der Waals surface area contributed by atoms with Crippen LogP contribution >= 0.6 is 0 Å². The van der Waals surface area contributed by atoms with E-state index in [1.165, 1.54) is 6.92 Å². The van der Waals surface area contributed by atoms with Crippen molar-refractivity contribution in [2.45, 2.75) is 39.5 Å². The third-order valence-corrected chi connectivity index (χ3v) is 2.52. The molecule has 1 saturated heterocycles. The smallest absolute Gasteiger partial charge is 0.332 e. The van der Waals surface area contributed by atoms with E-state index >= 15 is 0 Å². The predicted molar refractivity (Wildman–Crippen MR) is 60.3 cm³/mol. The Bertz CT molecular complexity index is 383. The quantitative estimate of drug-likeness (QED) is 0.247. The third kappa shape index (κ3) is 3.97. The number of hydrazine groups is 1. The predicted octanol–water partition coefficient (Wildman–Crippen LogP) is 0.500. The Morgan fingerprint density at radius 3 is 2.53 bits per heavy atom. The second-order valence-electron chi connectivity index (χ2n) is 4.40. The minimum absolute atomic E-state index is 0.0575. The molecule has 0 aromatic rings. The molecular weight excluding hydrogens is 258 g/mol. The lowest BCUT2D eigenvalue weighted by Gasteiger charge is -2.32. The van der Waals surface area contributed by atoms with Crippen molar-refractivity contribution in [2.75, 3.05) is 6.54 Å². The molecule has 2 atom stereocenters. The number of carboxylic acid groups (broad SMARTS) is 1. The van der Waals surface area contributed by atoms with Crippen LogP contribution < -0.4 is 0 Å². The van der Waals surface area contributed by atoms with Crippen molar-refractivity contribution in [2.24, 2.45) is 11.2 Å². The molecule has 1 unspecified atom stereocenters. The van der Waals surface area contributed by atoms with E-state index in [0.717, 1.165) is 5.01 Å². The van der Waals surface area contributed by atoms with Crippen LogP contribution in [0, 0.1) is 11.1 Å². The molecule has 19 heavy (non-hydrogen) atoms. The van der Waals surface area contributed by atoms with Gasteiger partial charge in [-0.2, -0.15) is 0 Å². The molecule has 9 heteroatoms. The lowest BCUT2D eigenvalue weighted by Crippen LogP contribution is -2.55. The van der Waals surface area contributed by atoms with Crippen LogP contribution in [-0.2, 0) is 19.2 Å².